The molecule has 0 aliphatic heterocycles. The zero-order valence-electron chi connectivity index (χ0n) is 11.5. The van der Waals surface area contributed by atoms with Gasteiger partial charge in [0.15, 0.2) is 0 Å². The van der Waals surface area contributed by atoms with Crippen molar-refractivity contribution in [3.05, 3.63) is 28.2 Å². The number of anilines is 1. The normalized spacial score (nSPS) is 16.1. The third-order valence-corrected chi connectivity index (χ3v) is 4.76. The molecule has 1 aliphatic rings. The fourth-order valence-electron chi connectivity index (χ4n) is 2.82. The van der Waals surface area contributed by atoms with Crippen molar-refractivity contribution in [3.8, 4) is 0 Å². The van der Waals surface area contributed by atoms with Gasteiger partial charge < -0.3 is 15.7 Å². The highest BCUT2D eigenvalue weighted by Gasteiger charge is 2.27. The molecule has 1 saturated carbocycles. The van der Waals surface area contributed by atoms with Gasteiger partial charge in [-0.05, 0) is 40.9 Å². The first-order chi connectivity index (χ1) is 9.65. The lowest BCUT2D eigenvalue weighted by molar-refractivity contribution is 0.0584. The van der Waals surface area contributed by atoms with Crippen LogP contribution >= 0.6 is 15.9 Å². The summed E-state index contributed by atoms with van der Waals surface area (Å²) in [7, 11) is 0. The maximum Gasteiger partial charge on any atom is 0.255 e. The van der Waals surface area contributed by atoms with Gasteiger partial charge in [0, 0.05) is 18.3 Å². The lowest BCUT2D eigenvalue weighted by Crippen LogP contribution is -2.43. The second kappa shape index (κ2) is 7.09. The summed E-state index contributed by atoms with van der Waals surface area (Å²) in [6.07, 6.45) is 5.58. The molecule has 0 atom stereocenters. The standard InChI is InChI=1S/C15H21BrN2O2/c16-14-12(7-4-8-13(14)17)15(20)18(9-10-19)11-5-2-1-3-6-11/h4,7-8,11,19H,1-3,5-6,9-10,17H2. The third-order valence-electron chi connectivity index (χ3n) is 3.88. The van der Waals surface area contributed by atoms with Crippen LogP contribution in [0, 0.1) is 0 Å². The number of carbonyl (C=O) groups excluding carboxylic acids is 1. The van der Waals surface area contributed by atoms with Crippen LogP contribution in [0.1, 0.15) is 42.5 Å². The molecule has 1 amide bonds. The zero-order chi connectivity index (χ0) is 14.5. The van der Waals surface area contributed by atoms with Crippen molar-refractivity contribution in [1.82, 2.24) is 4.90 Å². The number of hydrogen-bond acceptors (Lipinski definition) is 3. The molecule has 0 radical (unpaired) electrons. The average Bonchev–Trinajstić information content (AvgIpc) is 2.48. The maximum atomic E-state index is 12.7. The summed E-state index contributed by atoms with van der Waals surface area (Å²) in [5, 5.41) is 9.26. The molecule has 1 aromatic rings. The monoisotopic (exact) mass is 340 g/mol. The molecule has 0 heterocycles. The summed E-state index contributed by atoms with van der Waals surface area (Å²) >= 11 is 3.39. The molecule has 5 heteroatoms. The minimum Gasteiger partial charge on any atom is -0.398 e. The van der Waals surface area contributed by atoms with E-state index >= 15 is 0 Å². The Balaban J connectivity index is 2.23. The molecule has 1 aliphatic carbocycles. The summed E-state index contributed by atoms with van der Waals surface area (Å²) in [6.45, 7) is 0.368. The Labute approximate surface area is 128 Å². The van der Waals surface area contributed by atoms with Crippen molar-refractivity contribution >= 4 is 27.5 Å². The fourth-order valence-corrected chi connectivity index (χ4v) is 3.25. The Bertz CT molecular complexity index is 473. The summed E-state index contributed by atoms with van der Waals surface area (Å²) in [4.78, 5) is 14.5. The molecule has 4 nitrogen and oxygen atoms in total. The van der Waals surface area contributed by atoms with E-state index in [0.29, 0.717) is 22.3 Å². The zero-order valence-corrected chi connectivity index (χ0v) is 13.1. The second-order valence-electron chi connectivity index (χ2n) is 5.22. The molecule has 110 valence electrons. The van der Waals surface area contributed by atoms with Gasteiger partial charge in [0.25, 0.3) is 5.91 Å². The summed E-state index contributed by atoms with van der Waals surface area (Å²) in [5.41, 5.74) is 6.98. The van der Waals surface area contributed by atoms with Gasteiger partial charge in [0.05, 0.1) is 16.6 Å². The Hall–Kier alpha value is -1.07. The van der Waals surface area contributed by atoms with E-state index < -0.39 is 0 Å². The van der Waals surface area contributed by atoms with E-state index in [4.69, 9.17) is 5.73 Å². The van der Waals surface area contributed by atoms with Gasteiger partial charge in [0.1, 0.15) is 0 Å². The summed E-state index contributed by atoms with van der Waals surface area (Å²) < 4.78 is 0.642. The molecule has 0 aromatic heterocycles. The van der Waals surface area contributed by atoms with Crippen LogP contribution in [0.5, 0.6) is 0 Å². The van der Waals surface area contributed by atoms with E-state index in [1.54, 1.807) is 23.1 Å². The highest BCUT2D eigenvalue weighted by Crippen LogP contribution is 2.28. The predicted molar refractivity (Wildman–Crippen MR) is 83.5 cm³/mol. The van der Waals surface area contributed by atoms with Crippen molar-refractivity contribution < 1.29 is 9.90 Å². The highest BCUT2D eigenvalue weighted by atomic mass is 79.9. The number of carbonyl (C=O) groups is 1. The van der Waals surface area contributed by atoms with Crippen LogP contribution in [0.15, 0.2) is 22.7 Å². The van der Waals surface area contributed by atoms with E-state index in [1.165, 1.54) is 6.42 Å². The lowest BCUT2D eigenvalue weighted by atomic mass is 9.93. The minimum atomic E-state index is -0.0508. The van der Waals surface area contributed by atoms with Crippen molar-refractivity contribution in [2.75, 3.05) is 18.9 Å². The Morgan fingerprint density at radius 2 is 2.05 bits per heavy atom. The molecule has 0 spiro atoms. The summed E-state index contributed by atoms with van der Waals surface area (Å²) in [5.74, 6) is -0.0508. The Kier molecular flexibility index (Phi) is 5.43. The SMILES string of the molecule is Nc1cccc(C(=O)N(CCO)C2CCCCC2)c1Br. The highest BCUT2D eigenvalue weighted by molar-refractivity contribution is 9.10. The first-order valence-electron chi connectivity index (χ1n) is 7.11. The van der Waals surface area contributed by atoms with Crippen LogP contribution in [0.4, 0.5) is 5.69 Å². The van der Waals surface area contributed by atoms with E-state index in [1.807, 2.05) is 0 Å². The van der Waals surface area contributed by atoms with Gasteiger partial charge in [0.2, 0.25) is 0 Å². The minimum absolute atomic E-state index is 0.0117. The third kappa shape index (κ3) is 3.33. The van der Waals surface area contributed by atoms with Gasteiger partial charge in [-0.2, -0.15) is 0 Å². The number of aliphatic hydroxyl groups is 1. The van der Waals surface area contributed by atoms with E-state index in [-0.39, 0.29) is 18.6 Å². The largest absolute Gasteiger partial charge is 0.398 e. The van der Waals surface area contributed by atoms with Crippen LogP contribution in [-0.2, 0) is 0 Å². The number of nitrogen functional groups attached to an aromatic ring is 1. The Morgan fingerprint density at radius 3 is 2.70 bits per heavy atom. The molecular formula is C15H21BrN2O2. The smallest absolute Gasteiger partial charge is 0.255 e. The first kappa shape index (κ1) is 15.3. The van der Waals surface area contributed by atoms with Crippen LogP contribution < -0.4 is 5.73 Å². The quantitative estimate of drug-likeness (QED) is 0.828. The number of rotatable bonds is 4. The van der Waals surface area contributed by atoms with E-state index in [2.05, 4.69) is 15.9 Å². The molecule has 20 heavy (non-hydrogen) atoms. The summed E-state index contributed by atoms with van der Waals surface area (Å²) in [6, 6.07) is 5.55. The van der Waals surface area contributed by atoms with E-state index in [9.17, 15) is 9.90 Å². The molecular weight excluding hydrogens is 320 g/mol. The average molecular weight is 341 g/mol. The number of hydrogen-bond donors (Lipinski definition) is 2. The fraction of sp³-hybridized carbons (Fsp3) is 0.533. The van der Waals surface area contributed by atoms with Gasteiger partial charge in [-0.3, -0.25) is 4.79 Å². The number of halogens is 1. The number of benzene rings is 1. The topological polar surface area (TPSA) is 66.6 Å². The van der Waals surface area contributed by atoms with E-state index in [0.717, 1.165) is 25.7 Å². The second-order valence-corrected chi connectivity index (χ2v) is 6.02. The number of aliphatic hydroxyl groups excluding tert-OH is 1. The molecule has 0 saturated heterocycles. The van der Waals surface area contributed by atoms with Crippen molar-refractivity contribution in [2.24, 2.45) is 0 Å². The van der Waals surface area contributed by atoms with Crippen molar-refractivity contribution in [2.45, 2.75) is 38.1 Å². The number of nitrogens with two attached hydrogens (primary N) is 1. The van der Waals surface area contributed by atoms with Crippen LogP contribution in [0.25, 0.3) is 0 Å². The molecule has 1 fully saturated rings. The van der Waals surface area contributed by atoms with Crippen LogP contribution in [0.2, 0.25) is 0 Å². The van der Waals surface area contributed by atoms with Crippen molar-refractivity contribution in [1.29, 1.82) is 0 Å². The molecule has 0 unspecified atom stereocenters. The van der Waals surface area contributed by atoms with Gasteiger partial charge in [-0.1, -0.05) is 25.3 Å². The maximum absolute atomic E-state index is 12.7. The van der Waals surface area contributed by atoms with Gasteiger partial charge in [-0.15, -0.1) is 0 Å². The molecule has 3 N–H and O–H groups in total. The van der Waals surface area contributed by atoms with Crippen LogP contribution in [0.3, 0.4) is 0 Å². The predicted octanol–water partition coefficient (Wildman–Crippen LogP) is 2.80. The van der Waals surface area contributed by atoms with Gasteiger partial charge >= 0.3 is 0 Å². The molecule has 2 rings (SSSR count). The van der Waals surface area contributed by atoms with Crippen LogP contribution in [-0.4, -0.2) is 35.1 Å². The molecule has 0 bridgehead atoms. The molecule has 1 aromatic carbocycles. The lowest BCUT2D eigenvalue weighted by Gasteiger charge is -2.34. The first-order valence-corrected chi connectivity index (χ1v) is 7.90. The number of amides is 1. The number of nitrogens with zero attached hydrogens (tertiary/aromatic N) is 1. The van der Waals surface area contributed by atoms with Crippen molar-refractivity contribution in [3.63, 3.8) is 0 Å². The Morgan fingerprint density at radius 1 is 1.35 bits per heavy atom. The van der Waals surface area contributed by atoms with Gasteiger partial charge in [-0.25, -0.2) is 0 Å².